The first-order chi connectivity index (χ1) is 4.99. The van der Waals surface area contributed by atoms with Gasteiger partial charge in [-0.3, -0.25) is 0 Å². The molecule has 66 valence electrons. The van der Waals surface area contributed by atoms with E-state index in [1.165, 1.54) is 7.05 Å². The maximum absolute atomic E-state index is 11.2. The second kappa shape index (κ2) is 2.75. The van der Waals surface area contributed by atoms with E-state index in [1.807, 2.05) is 6.92 Å². The highest BCUT2D eigenvalue weighted by Gasteiger charge is 2.42. The van der Waals surface area contributed by atoms with Crippen LogP contribution in [0.1, 0.15) is 20.3 Å². The lowest BCUT2D eigenvalue weighted by Gasteiger charge is -2.39. The van der Waals surface area contributed by atoms with Gasteiger partial charge in [-0.05, 0) is 25.3 Å². The van der Waals surface area contributed by atoms with E-state index in [0.29, 0.717) is 11.8 Å². The van der Waals surface area contributed by atoms with E-state index in [4.69, 9.17) is 0 Å². The zero-order valence-corrected chi connectivity index (χ0v) is 7.98. The minimum absolute atomic E-state index is 0.150. The molecule has 0 heterocycles. The zero-order valence-electron chi connectivity index (χ0n) is 7.16. The first-order valence-corrected chi connectivity index (χ1v) is 5.46. The third-order valence-corrected chi connectivity index (χ3v) is 4.76. The van der Waals surface area contributed by atoms with Gasteiger partial charge in [0.25, 0.3) is 0 Å². The van der Waals surface area contributed by atoms with Crippen LogP contribution in [0.2, 0.25) is 0 Å². The van der Waals surface area contributed by atoms with Crippen molar-refractivity contribution in [1.82, 2.24) is 4.72 Å². The summed E-state index contributed by atoms with van der Waals surface area (Å²) in [5, 5.41) is -0.150. The molecular weight excluding hydrogens is 162 g/mol. The van der Waals surface area contributed by atoms with Crippen LogP contribution in [-0.4, -0.2) is 20.7 Å². The predicted molar refractivity (Wildman–Crippen MR) is 44.7 cm³/mol. The van der Waals surface area contributed by atoms with Crippen LogP contribution in [0.5, 0.6) is 0 Å². The van der Waals surface area contributed by atoms with E-state index in [9.17, 15) is 8.42 Å². The third kappa shape index (κ3) is 1.42. The number of nitrogens with one attached hydrogen (secondary N) is 1. The summed E-state index contributed by atoms with van der Waals surface area (Å²) in [6.45, 7) is 4.08. The third-order valence-electron chi connectivity index (χ3n) is 2.77. The van der Waals surface area contributed by atoms with Gasteiger partial charge in [0, 0.05) is 0 Å². The van der Waals surface area contributed by atoms with E-state index in [1.54, 1.807) is 0 Å². The molecule has 1 rings (SSSR count). The average Bonchev–Trinajstić information content (AvgIpc) is 1.99. The maximum atomic E-state index is 11.2. The van der Waals surface area contributed by atoms with Gasteiger partial charge in [0.2, 0.25) is 10.0 Å². The fourth-order valence-electron chi connectivity index (χ4n) is 1.53. The molecule has 0 aromatic heterocycles. The Kier molecular flexibility index (Phi) is 2.25. The Morgan fingerprint density at radius 3 is 2.18 bits per heavy atom. The van der Waals surface area contributed by atoms with Crippen LogP contribution in [0.25, 0.3) is 0 Å². The summed E-state index contributed by atoms with van der Waals surface area (Å²) in [6, 6.07) is 0. The number of hydrogen-bond donors (Lipinski definition) is 1. The molecule has 0 spiro atoms. The smallest absolute Gasteiger partial charge is 0.214 e. The number of sulfonamides is 1. The molecule has 3 atom stereocenters. The van der Waals surface area contributed by atoms with E-state index >= 15 is 0 Å². The Morgan fingerprint density at radius 1 is 1.36 bits per heavy atom. The quantitative estimate of drug-likeness (QED) is 0.670. The molecule has 1 N–H and O–H groups in total. The van der Waals surface area contributed by atoms with Crippen molar-refractivity contribution in [3.8, 4) is 0 Å². The summed E-state index contributed by atoms with van der Waals surface area (Å²) in [4.78, 5) is 0. The first kappa shape index (κ1) is 9.00. The molecule has 3 nitrogen and oxygen atoms in total. The molecular formula is C7H15NO2S. The van der Waals surface area contributed by atoms with Gasteiger partial charge in [0.1, 0.15) is 0 Å². The van der Waals surface area contributed by atoms with Crippen LogP contribution in [0, 0.1) is 11.8 Å². The SMILES string of the molecule is CNS(=O)(=O)C1CC(C)C1C. The van der Waals surface area contributed by atoms with Gasteiger partial charge in [0.05, 0.1) is 5.25 Å². The molecule has 0 amide bonds. The average molecular weight is 177 g/mol. The van der Waals surface area contributed by atoms with Gasteiger partial charge in [-0.2, -0.15) is 0 Å². The van der Waals surface area contributed by atoms with Gasteiger partial charge >= 0.3 is 0 Å². The fourth-order valence-corrected chi connectivity index (χ4v) is 3.22. The van der Waals surface area contributed by atoms with E-state index in [-0.39, 0.29) is 5.25 Å². The lowest BCUT2D eigenvalue weighted by Crippen LogP contribution is -2.47. The summed E-state index contributed by atoms with van der Waals surface area (Å²) in [6.07, 6.45) is 0.810. The summed E-state index contributed by atoms with van der Waals surface area (Å²) < 4.78 is 24.8. The number of hydrogen-bond acceptors (Lipinski definition) is 2. The predicted octanol–water partition coefficient (Wildman–Crippen LogP) is 0.580. The van der Waals surface area contributed by atoms with E-state index in [2.05, 4.69) is 11.6 Å². The normalized spacial score (nSPS) is 38.3. The standard InChI is InChI=1S/C7H15NO2S/c1-5-4-7(6(5)2)11(9,10)8-3/h5-8H,4H2,1-3H3. The molecule has 3 unspecified atom stereocenters. The summed E-state index contributed by atoms with van der Waals surface area (Å²) in [5.41, 5.74) is 0. The van der Waals surface area contributed by atoms with Crippen molar-refractivity contribution in [3.63, 3.8) is 0 Å². The molecule has 0 bridgehead atoms. The van der Waals surface area contributed by atoms with Crippen molar-refractivity contribution in [1.29, 1.82) is 0 Å². The minimum atomic E-state index is -2.99. The Labute approximate surface area is 68.2 Å². The van der Waals surface area contributed by atoms with Crippen LogP contribution >= 0.6 is 0 Å². The topological polar surface area (TPSA) is 46.2 Å². The summed E-state index contributed by atoms with van der Waals surface area (Å²) in [5.74, 6) is 0.871. The molecule has 0 aliphatic heterocycles. The lowest BCUT2D eigenvalue weighted by atomic mass is 9.76. The van der Waals surface area contributed by atoms with Gasteiger partial charge in [-0.1, -0.05) is 13.8 Å². The highest BCUT2D eigenvalue weighted by molar-refractivity contribution is 7.90. The highest BCUT2D eigenvalue weighted by Crippen LogP contribution is 2.37. The van der Waals surface area contributed by atoms with Crippen LogP contribution in [0.4, 0.5) is 0 Å². The Balaban J connectivity index is 2.66. The minimum Gasteiger partial charge on any atom is -0.218 e. The molecule has 1 fully saturated rings. The summed E-state index contributed by atoms with van der Waals surface area (Å²) in [7, 11) is -1.52. The second-order valence-corrected chi connectivity index (χ2v) is 5.46. The van der Waals surface area contributed by atoms with Crippen molar-refractivity contribution in [3.05, 3.63) is 0 Å². The van der Waals surface area contributed by atoms with Crippen molar-refractivity contribution in [2.24, 2.45) is 11.8 Å². The van der Waals surface area contributed by atoms with Gasteiger partial charge < -0.3 is 0 Å². The lowest BCUT2D eigenvalue weighted by molar-refractivity contribution is 0.221. The molecule has 1 saturated carbocycles. The molecule has 1 aliphatic rings. The van der Waals surface area contributed by atoms with Crippen LogP contribution in [-0.2, 0) is 10.0 Å². The van der Waals surface area contributed by atoms with Crippen molar-refractivity contribution in [2.45, 2.75) is 25.5 Å². The molecule has 0 aromatic carbocycles. The molecule has 0 aromatic rings. The molecule has 1 aliphatic carbocycles. The van der Waals surface area contributed by atoms with Crippen LogP contribution in [0.15, 0.2) is 0 Å². The zero-order chi connectivity index (χ0) is 8.65. The Morgan fingerprint density at radius 2 is 1.91 bits per heavy atom. The van der Waals surface area contributed by atoms with Gasteiger partial charge in [0.15, 0.2) is 0 Å². The summed E-state index contributed by atoms with van der Waals surface area (Å²) >= 11 is 0. The van der Waals surface area contributed by atoms with Crippen molar-refractivity contribution in [2.75, 3.05) is 7.05 Å². The fraction of sp³-hybridized carbons (Fsp3) is 1.00. The van der Waals surface area contributed by atoms with Crippen LogP contribution < -0.4 is 4.72 Å². The molecule has 0 saturated heterocycles. The molecule has 11 heavy (non-hydrogen) atoms. The highest BCUT2D eigenvalue weighted by atomic mass is 32.2. The first-order valence-electron chi connectivity index (χ1n) is 3.91. The van der Waals surface area contributed by atoms with Crippen molar-refractivity contribution < 1.29 is 8.42 Å². The largest absolute Gasteiger partial charge is 0.218 e. The Hall–Kier alpha value is -0.0900. The number of rotatable bonds is 2. The molecule has 0 radical (unpaired) electrons. The van der Waals surface area contributed by atoms with Gasteiger partial charge in [-0.25, -0.2) is 13.1 Å². The van der Waals surface area contributed by atoms with Crippen molar-refractivity contribution >= 4 is 10.0 Å². The second-order valence-electron chi connectivity index (χ2n) is 3.36. The Bertz CT molecular complexity index is 235. The van der Waals surface area contributed by atoms with Crippen LogP contribution in [0.3, 0.4) is 0 Å². The van der Waals surface area contributed by atoms with Gasteiger partial charge in [-0.15, -0.1) is 0 Å². The molecule has 4 heteroatoms. The van der Waals surface area contributed by atoms with E-state index in [0.717, 1.165) is 6.42 Å². The monoisotopic (exact) mass is 177 g/mol. The van der Waals surface area contributed by atoms with E-state index < -0.39 is 10.0 Å². The maximum Gasteiger partial charge on any atom is 0.214 e.